The zero-order valence-corrected chi connectivity index (χ0v) is 51.5. The molecule has 6 heteroatoms. The molecule has 76 heavy (non-hydrogen) atoms. The fourth-order valence-corrected chi connectivity index (χ4v) is 11.0. The minimum Gasteiger partial charge on any atom is -0.466 e. The number of esters is 1. The molecule has 2 atom stereocenters. The Morgan fingerprint density at radius 1 is 0.368 bits per heavy atom. The van der Waals surface area contributed by atoms with E-state index < -0.39 is 12.1 Å². The van der Waals surface area contributed by atoms with Crippen LogP contribution in [0.15, 0.2) is 24.3 Å². The van der Waals surface area contributed by atoms with E-state index in [0.29, 0.717) is 25.9 Å². The van der Waals surface area contributed by atoms with Gasteiger partial charge in [0.25, 0.3) is 0 Å². The highest BCUT2D eigenvalue weighted by atomic mass is 16.5. The molecule has 0 aliphatic heterocycles. The summed E-state index contributed by atoms with van der Waals surface area (Å²) in [5.74, 6) is -0.0148. The molecular weight excluding hydrogens is 935 g/mol. The molecule has 0 aromatic rings. The summed E-state index contributed by atoms with van der Waals surface area (Å²) < 4.78 is 5.51. The molecule has 0 saturated carbocycles. The van der Waals surface area contributed by atoms with Gasteiger partial charge in [0.05, 0.1) is 25.4 Å². The number of carbonyl (C=O) groups is 2. The maximum atomic E-state index is 12.5. The van der Waals surface area contributed by atoms with Crippen LogP contribution in [-0.2, 0) is 14.3 Å². The topological polar surface area (TPSA) is 95.9 Å². The van der Waals surface area contributed by atoms with E-state index >= 15 is 0 Å². The third-order valence-corrected chi connectivity index (χ3v) is 16.3. The van der Waals surface area contributed by atoms with Crippen molar-refractivity contribution in [1.82, 2.24) is 5.32 Å². The Labute approximate surface area is 475 Å². The van der Waals surface area contributed by atoms with Crippen molar-refractivity contribution < 1.29 is 24.5 Å². The average molecular weight is 1070 g/mol. The number of hydrogen-bond donors (Lipinski definition) is 3. The standard InChI is InChI=1S/C70H135NO5/c1-3-5-7-9-11-13-15-17-18-19-30-34-37-40-44-48-52-56-60-64-70(75)76-65-61-57-53-49-45-41-38-35-32-29-27-25-23-21-20-22-24-26-28-31-33-36-39-43-47-51-55-59-63-69(74)71-67(66-72)68(73)62-58-54-50-46-42-16-14-12-10-8-6-4-2/h11,13,17-18,67-68,72-73H,3-10,12,14-16,19-66H2,1-2H3,(H,71,74)/b13-11-,18-17-. The molecule has 450 valence electrons. The molecular formula is C70H135NO5. The number of ether oxygens (including phenoxy) is 1. The SMILES string of the molecule is CCCCC/C=C\C/C=C\CCCCCCCCCCCC(=O)OCCCCCCCCCCCCCCCCCCCCCCCCCCCCCCC(=O)NC(CO)C(O)CCCCCCCCCCCCCC. The Bertz CT molecular complexity index is 1190. The Kier molecular flexibility index (Phi) is 64.4. The monoisotopic (exact) mass is 1070 g/mol. The Morgan fingerprint density at radius 2 is 0.658 bits per heavy atom. The quantitative estimate of drug-likeness (QED) is 0.0320. The van der Waals surface area contributed by atoms with Gasteiger partial charge in [0.1, 0.15) is 0 Å². The van der Waals surface area contributed by atoms with Crippen molar-refractivity contribution in [1.29, 1.82) is 0 Å². The third kappa shape index (κ3) is 61.6. The van der Waals surface area contributed by atoms with Gasteiger partial charge in [0.2, 0.25) is 5.91 Å². The summed E-state index contributed by atoms with van der Waals surface area (Å²) in [5, 5.41) is 23.3. The molecule has 0 rings (SSSR count). The first-order chi connectivity index (χ1) is 37.5. The summed E-state index contributed by atoms with van der Waals surface area (Å²) in [6, 6.07) is -0.538. The predicted octanol–water partition coefficient (Wildman–Crippen LogP) is 22.1. The van der Waals surface area contributed by atoms with Crippen LogP contribution in [0, 0.1) is 0 Å². The Hall–Kier alpha value is -1.66. The lowest BCUT2D eigenvalue weighted by Crippen LogP contribution is -2.45. The molecule has 0 saturated heterocycles. The van der Waals surface area contributed by atoms with E-state index in [9.17, 15) is 19.8 Å². The van der Waals surface area contributed by atoms with Gasteiger partial charge in [-0.05, 0) is 57.8 Å². The molecule has 0 fully saturated rings. The highest BCUT2D eigenvalue weighted by molar-refractivity contribution is 5.76. The highest BCUT2D eigenvalue weighted by Gasteiger charge is 2.20. The fraction of sp³-hybridized carbons (Fsp3) is 0.914. The number of rotatable bonds is 65. The van der Waals surface area contributed by atoms with Gasteiger partial charge in [-0.25, -0.2) is 0 Å². The number of aliphatic hydroxyl groups excluding tert-OH is 2. The van der Waals surface area contributed by atoms with E-state index in [4.69, 9.17) is 4.74 Å². The first kappa shape index (κ1) is 74.3. The van der Waals surface area contributed by atoms with E-state index in [1.807, 2.05) is 0 Å². The van der Waals surface area contributed by atoms with Crippen molar-refractivity contribution >= 4 is 11.9 Å². The van der Waals surface area contributed by atoms with Gasteiger partial charge >= 0.3 is 5.97 Å². The maximum absolute atomic E-state index is 12.5. The Balaban J connectivity index is 3.31. The lowest BCUT2D eigenvalue weighted by Gasteiger charge is -2.22. The van der Waals surface area contributed by atoms with Gasteiger partial charge in [0.15, 0.2) is 0 Å². The molecule has 0 aromatic heterocycles. The molecule has 0 aliphatic rings. The molecule has 0 heterocycles. The second kappa shape index (κ2) is 65.9. The number of allylic oxidation sites excluding steroid dienone is 4. The van der Waals surface area contributed by atoms with E-state index in [2.05, 4.69) is 43.5 Å². The molecule has 0 aromatic carbocycles. The number of nitrogens with one attached hydrogen (secondary N) is 1. The van der Waals surface area contributed by atoms with E-state index in [0.717, 1.165) is 51.4 Å². The average Bonchev–Trinajstić information content (AvgIpc) is 3.42. The van der Waals surface area contributed by atoms with Crippen molar-refractivity contribution in [2.24, 2.45) is 0 Å². The number of carbonyl (C=O) groups excluding carboxylic acids is 2. The molecule has 0 radical (unpaired) electrons. The molecule has 0 aliphatic carbocycles. The maximum Gasteiger partial charge on any atom is 0.305 e. The van der Waals surface area contributed by atoms with Crippen molar-refractivity contribution in [3.05, 3.63) is 24.3 Å². The van der Waals surface area contributed by atoms with Crippen LogP contribution >= 0.6 is 0 Å². The smallest absolute Gasteiger partial charge is 0.305 e. The number of hydrogen-bond acceptors (Lipinski definition) is 5. The lowest BCUT2D eigenvalue weighted by atomic mass is 10.0. The van der Waals surface area contributed by atoms with Crippen molar-refractivity contribution in [2.45, 2.75) is 398 Å². The van der Waals surface area contributed by atoms with E-state index in [1.165, 1.54) is 302 Å². The van der Waals surface area contributed by atoms with Gasteiger partial charge < -0.3 is 20.3 Å². The van der Waals surface area contributed by atoms with Crippen LogP contribution in [0.5, 0.6) is 0 Å². The van der Waals surface area contributed by atoms with Gasteiger partial charge in [-0.15, -0.1) is 0 Å². The van der Waals surface area contributed by atoms with Gasteiger partial charge in [0, 0.05) is 12.8 Å². The second-order valence-corrected chi connectivity index (χ2v) is 23.9. The fourth-order valence-electron chi connectivity index (χ4n) is 11.0. The first-order valence-corrected chi connectivity index (χ1v) is 34.6. The Morgan fingerprint density at radius 3 is 1.03 bits per heavy atom. The predicted molar refractivity (Wildman–Crippen MR) is 333 cm³/mol. The van der Waals surface area contributed by atoms with Crippen molar-refractivity contribution in [3.63, 3.8) is 0 Å². The molecule has 3 N–H and O–H groups in total. The van der Waals surface area contributed by atoms with E-state index in [1.54, 1.807) is 0 Å². The molecule has 2 unspecified atom stereocenters. The summed E-state index contributed by atoms with van der Waals surface area (Å²) in [4.78, 5) is 24.6. The zero-order valence-electron chi connectivity index (χ0n) is 51.5. The largest absolute Gasteiger partial charge is 0.466 e. The van der Waals surface area contributed by atoms with Crippen LogP contribution < -0.4 is 5.32 Å². The van der Waals surface area contributed by atoms with E-state index in [-0.39, 0.29) is 18.5 Å². The van der Waals surface area contributed by atoms with Crippen LogP contribution in [0.1, 0.15) is 386 Å². The first-order valence-electron chi connectivity index (χ1n) is 34.6. The summed E-state index contributed by atoms with van der Waals surface area (Å²) in [5.41, 5.74) is 0. The lowest BCUT2D eigenvalue weighted by molar-refractivity contribution is -0.143. The van der Waals surface area contributed by atoms with Crippen LogP contribution in [0.2, 0.25) is 0 Å². The van der Waals surface area contributed by atoms with Gasteiger partial charge in [-0.2, -0.15) is 0 Å². The number of amides is 1. The third-order valence-electron chi connectivity index (χ3n) is 16.3. The van der Waals surface area contributed by atoms with Crippen molar-refractivity contribution in [3.8, 4) is 0 Å². The number of unbranched alkanes of at least 4 members (excludes halogenated alkanes) is 50. The van der Waals surface area contributed by atoms with Crippen LogP contribution in [0.4, 0.5) is 0 Å². The highest BCUT2D eigenvalue weighted by Crippen LogP contribution is 2.19. The minimum absolute atomic E-state index is 0.0156. The normalized spacial score (nSPS) is 12.6. The molecule has 6 nitrogen and oxygen atoms in total. The molecule has 0 bridgehead atoms. The minimum atomic E-state index is -0.660. The van der Waals surface area contributed by atoms with Crippen LogP contribution in [0.3, 0.4) is 0 Å². The molecule has 1 amide bonds. The number of aliphatic hydroxyl groups is 2. The summed E-state index contributed by atoms with van der Waals surface area (Å²) in [7, 11) is 0. The summed E-state index contributed by atoms with van der Waals surface area (Å²) in [6.45, 7) is 4.95. The van der Waals surface area contributed by atoms with Gasteiger partial charge in [-0.1, -0.05) is 340 Å². The second-order valence-electron chi connectivity index (χ2n) is 23.9. The van der Waals surface area contributed by atoms with Crippen LogP contribution in [0.25, 0.3) is 0 Å². The molecule has 0 spiro atoms. The van der Waals surface area contributed by atoms with Crippen LogP contribution in [-0.4, -0.2) is 47.4 Å². The zero-order chi connectivity index (χ0) is 55.0. The van der Waals surface area contributed by atoms with Crippen molar-refractivity contribution in [2.75, 3.05) is 13.2 Å². The summed E-state index contributed by atoms with van der Waals surface area (Å²) in [6.07, 6.45) is 82.3. The van der Waals surface area contributed by atoms with Gasteiger partial charge in [-0.3, -0.25) is 9.59 Å². The summed E-state index contributed by atoms with van der Waals surface area (Å²) >= 11 is 0.